The second-order valence-corrected chi connectivity index (χ2v) is 6.25. The van der Waals surface area contributed by atoms with Crippen LogP contribution < -0.4 is 4.72 Å². The molecule has 0 aliphatic rings. The SMILES string of the molecule is CCC(O)(CC)CNS(=O)(=O)Cc1cc(C)on1. The maximum atomic E-state index is 11.8. The van der Waals surface area contributed by atoms with E-state index < -0.39 is 15.6 Å². The summed E-state index contributed by atoms with van der Waals surface area (Å²) in [4.78, 5) is 0. The van der Waals surface area contributed by atoms with Crippen LogP contribution in [0.2, 0.25) is 0 Å². The smallest absolute Gasteiger partial charge is 0.217 e. The van der Waals surface area contributed by atoms with E-state index in [-0.39, 0.29) is 12.3 Å². The third-order valence-corrected chi connectivity index (χ3v) is 4.21. The summed E-state index contributed by atoms with van der Waals surface area (Å²) in [6.07, 6.45) is 0.990. The Hall–Kier alpha value is -0.920. The van der Waals surface area contributed by atoms with Gasteiger partial charge < -0.3 is 9.63 Å². The number of aryl methyl sites for hydroxylation is 1. The van der Waals surface area contributed by atoms with Crippen molar-refractivity contribution >= 4 is 10.0 Å². The average Bonchev–Trinajstić information content (AvgIpc) is 2.71. The number of hydrogen-bond acceptors (Lipinski definition) is 5. The third-order valence-electron chi connectivity index (χ3n) is 2.95. The van der Waals surface area contributed by atoms with Gasteiger partial charge in [0.05, 0.1) is 5.60 Å². The monoisotopic (exact) mass is 276 g/mol. The van der Waals surface area contributed by atoms with Crippen molar-refractivity contribution in [3.05, 3.63) is 17.5 Å². The minimum absolute atomic E-state index is 0.0131. The molecular weight excluding hydrogens is 256 g/mol. The van der Waals surface area contributed by atoms with Crippen LogP contribution in [0.15, 0.2) is 10.6 Å². The molecule has 1 rings (SSSR count). The molecule has 0 unspecified atom stereocenters. The van der Waals surface area contributed by atoms with Crippen molar-refractivity contribution in [2.45, 2.75) is 45.0 Å². The van der Waals surface area contributed by atoms with Gasteiger partial charge in [0.25, 0.3) is 0 Å². The lowest BCUT2D eigenvalue weighted by molar-refractivity contribution is 0.0377. The topological polar surface area (TPSA) is 92.4 Å². The first kappa shape index (κ1) is 15.1. The van der Waals surface area contributed by atoms with Crippen molar-refractivity contribution in [2.24, 2.45) is 0 Å². The summed E-state index contributed by atoms with van der Waals surface area (Å²) in [7, 11) is -3.51. The van der Waals surface area contributed by atoms with Crippen LogP contribution in [0.3, 0.4) is 0 Å². The van der Waals surface area contributed by atoms with Crippen molar-refractivity contribution in [3.63, 3.8) is 0 Å². The summed E-state index contributed by atoms with van der Waals surface area (Å²) in [6, 6.07) is 1.57. The highest BCUT2D eigenvalue weighted by Crippen LogP contribution is 2.14. The maximum Gasteiger partial charge on any atom is 0.217 e. The number of aromatic nitrogens is 1. The molecule has 18 heavy (non-hydrogen) atoms. The van der Waals surface area contributed by atoms with Crippen LogP contribution in [0.25, 0.3) is 0 Å². The van der Waals surface area contributed by atoms with Crippen LogP contribution in [-0.4, -0.2) is 30.8 Å². The van der Waals surface area contributed by atoms with E-state index >= 15 is 0 Å². The Balaban J connectivity index is 2.60. The fraction of sp³-hybridized carbons (Fsp3) is 0.727. The lowest BCUT2D eigenvalue weighted by atomic mass is 9.98. The zero-order valence-corrected chi connectivity index (χ0v) is 11.7. The van der Waals surface area contributed by atoms with E-state index in [0.29, 0.717) is 24.3 Å². The number of sulfonamides is 1. The van der Waals surface area contributed by atoms with Gasteiger partial charge in [-0.3, -0.25) is 0 Å². The van der Waals surface area contributed by atoms with E-state index in [1.807, 2.05) is 13.8 Å². The second kappa shape index (κ2) is 5.81. The van der Waals surface area contributed by atoms with E-state index in [0.717, 1.165) is 0 Å². The standard InChI is InChI=1S/C11H20N2O4S/c1-4-11(14,5-2)8-12-18(15,16)7-10-6-9(3)17-13-10/h6,12,14H,4-5,7-8H2,1-3H3. The van der Waals surface area contributed by atoms with Crippen LogP contribution in [0.5, 0.6) is 0 Å². The number of rotatable bonds is 7. The third kappa shape index (κ3) is 4.40. The molecule has 0 spiro atoms. The Morgan fingerprint density at radius 2 is 2.06 bits per heavy atom. The molecule has 0 aliphatic carbocycles. The van der Waals surface area contributed by atoms with Crippen molar-refractivity contribution in [2.75, 3.05) is 6.54 Å². The highest BCUT2D eigenvalue weighted by molar-refractivity contribution is 7.88. The fourth-order valence-electron chi connectivity index (χ4n) is 1.48. The summed E-state index contributed by atoms with van der Waals surface area (Å²) in [5.41, 5.74) is -0.635. The largest absolute Gasteiger partial charge is 0.389 e. The van der Waals surface area contributed by atoms with Gasteiger partial charge in [-0.15, -0.1) is 0 Å². The van der Waals surface area contributed by atoms with E-state index in [1.54, 1.807) is 13.0 Å². The summed E-state index contributed by atoms with van der Waals surface area (Å²) in [5.74, 6) is 0.326. The molecule has 6 nitrogen and oxygen atoms in total. The molecule has 0 saturated carbocycles. The number of nitrogens with one attached hydrogen (secondary N) is 1. The minimum atomic E-state index is -3.51. The molecular formula is C11H20N2O4S. The Kier molecular flexibility index (Phi) is 4.89. The van der Waals surface area contributed by atoms with Crippen molar-refractivity contribution < 1.29 is 18.0 Å². The highest BCUT2D eigenvalue weighted by Gasteiger charge is 2.25. The van der Waals surface area contributed by atoms with Gasteiger partial charge in [0, 0.05) is 12.6 Å². The predicted molar refractivity (Wildman–Crippen MR) is 67.4 cm³/mol. The molecule has 0 aromatic carbocycles. The van der Waals surface area contributed by atoms with Gasteiger partial charge in [-0.1, -0.05) is 19.0 Å². The van der Waals surface area contributed by atoms with Crippen molar-refractivity contribution in [1.29, 1.82) is 0 Å². The van der Waals surface area contributed by atoms with Gasteiger partial charge in [0.15, 0.2) is 0 Å². The van der Waals surface area contributed by atoms with E-state index in [2.05, 4.69) is 9.88 Å². The first-order valence-electron chi connectivity index (χ1n) is 5.92. The Morgan fingerprint density at radius 3 is 2.50 bits per heavy atom. The fourth-order valence-corrected chi connectivity index (χ4v) is 2.59. The summed E-state index contributed by atoms with van der Waals surface area (Å²) in [6.45, 7) is 5.35. The molecule has 0 radical (unpaired) electrons. The molecule has 1 heterocycles. The molecule has 1 aromatic heterocycles. The van der Waals surface area contributed by atoms with Gasteiger partial charge in [0.1, 0.15) is 17.2 Å². The Bertz CT molecular complexity index is 477. The van der Waals surface area contributed by atoms with E-state index in [4.69, 9.17) is 4.52 Å². The molecule has 0 saturated heterocycles. The van der Waals surface area contributed by atoms with E-state index in [9.17, 15) is 13.5 Å². The van der Waals surface area contributed by atoms with Gasteiger partial charge in [-0.05, 0) is 19.8 Å². The lowest BCUT2D eigenvalue weighted by Gasteiger charge is -2.25. The van der Waals surface area contributed by atoms with Crippen LogP contribution in [0.4, 0.5) is 0 Å². The number of aliphatic hydroxyl groups is 1. The van der Waals surface area contributed by atoms with Crippen LogP contribution in [-0.2, 0) is 15.8 Å². The maximum absolute atomic E-state index is 11.8. The number of nitrogens with zero attached hydrogens (tertiary/aromatic N) is 1. The first-order valence-corrected chi connectivity index (χ1v) is 7.57. The normalized spacial score (nSPS) is 12.9. The zero-order chi connectivity index (χ0) is 13.8. The van der Waals surface area contributed by atoms with Crippen LogP contribution >= 0.6 is 0 Å². The molecule has 0 aliphatic heterocycles. The van der Waals surface area contributed by atoms with Gasteiger partial charge >= 0.3 is 0 Å². The van der Waals surface area contributed by atoms with Crippen LogP contribution in [0.1, 0.15) is 38.1 Å². The first-order chi connectivity index (χ1) is 8.30. The molecule has 0 fully saturated rings. The quantitative estimate of drug-likeness (QED) is 0.773. The molecule has 7 heteroatoms. The van der Waals surface area contributed by atoms with Crippen molar-refractivity contribution in [1.82, 2.24) is 9.88 Å². The molecule has 0 bridgehead atoms. The summed E-state index contributed by atoms with van der Waals surface area (Å²) in [5, 5.41) is 13.6. The van der Waals surface area contributed by atoms with Gasteiger partial charge in [0.2, 0.25) is 10.0 Å². The Labute approximate surface area is 107 Å². The molecule has 0 atom stereocenters. The summed E-state index contributed by atoms with van der Waals surface area (Å²) < 4.78 is 30.8. The minimum Gasteiger partial charge on any atom is -0.389 e. The zero-order valence-electron chi connectivity index (χ0n) is 10.9. The Morgan fingerprint density at radius 1 is 1.44 bits per heavy atom. The van der Waals surface area contributed by atoms with E-state index in [1.165, 1.54) is 0 Å². The second-order valence-electron chi connectivity index (χ2n) is 4.44. The molecule has 1 aromatic rings. The lowest BCUT2D eigenvalue weighted by Crippen LogP contribution is -2.42. The molecule has 104 valence electrons. The molecule has 2 N–H and O–H groups in total. The molecule has 0 amide bonds. The highest BCUT2D eigenvalue weighted by atomic mass is 32.2. The van der Waals surface area contributed by atoms with Crippen LogP contribution in [0, 0.1) is 6.92 Å². The summed E-state index contributed by atoms with van der Waals surface area (Å²) >= 11 is 0. The average molecular weight is 276 g/mol. The van der Waals surface area contributed by atoms with Crippen molar-refractivity contribution in [3.8, 4) is 0 Å². The number of hydrogen-bond donors (Lipinski definition) is 2. The predicted octanol–water partition coefficient (Wildman–Crippen LogP) is 0.954. The van der Waals surface area contributed by atoms with Gasteiger partial charge in [-0.25, -0.2) is 13.1 Å². The van der Waals surface area contributed by atoms with Gasteiger partial charge in [-0.2, -0.15) is 0 Å².